The van der Waals surface area contributed by atoms with E-state index in [4.69, 9.17) is 14.7 Å². The Balaban J connectivity index is 1.29. The topological polar surface area (TPSA) is 173 Å². The Kier molecular flexibility index (Phi) is 8.00. The maximum atomic E-state index is 14.0. The van der Waals surface area contributed by atoms with Crippen LogP contribution in [0.15, 0.2) is 42.4 Å². The number of ether oxygens (including phenoxy) is 1. The summed E-state index contributed by atoms with van der Waals surface area (Å²) in [6.45, 7) is 8.84. The number of likely N-dealkylation sites (tertiary alicyclic amines) is 1. The number of nitrogens with zero attached hydrogens (tertiary/aromatic N) is 4. The highest BCUT2D eigenvalue weighted by Crippen LogP contribution is 2.45. The number of carbonyl (C=O) groups excluding carboxylic acids is 3. The smallest absolute Gasteiger partial charge is 0.259 e. The van der Waals surface area contributed by atoms with Gasteiger partial charge in [-0.2, -0.15) is 0 Å². The lowest BCUT2D eigenvalue weighted by Gasteiger charge is -2.32. The van der Waals surface area contributed by atoms with Crippen LogP contribution in [0, 0.1) is 11.3 Å². The van der Waals surface area contributed by atoms with Crippen molar-refractivity contribution in [3.8, 4) is 16.5 Å². The molecule has 0 bridgehead atoms. The van der Waals surface area contributed by atoms with Crippen molar-refractivity contribution < 1.29 is 32.6 Å². The molecule has 0 spiro atoms. The van der Waals surface area contributed by atoms with Gasteiger partial charge in [0, 0.05) is 25.6 Å². The van der Waals surface area contributed by atoms with Gasteiger partial charge in [0.1, 0.15) is 35.0 Å². The summed E-state index contributed by atoms with van der Waals surface area (Å²) in [7, 11) is -2.00. The van der Waals surface area contributed by atoms with Crippen LogP contribution in [-0.4, -0.2) is 86.3 Å². The first-order valence-electron chi connectivity index (χ1n) is 15.2. The number of aryl methyl sites for hydroxylation is 1. The first kappa shape index (κ1) is 32.1. The molecule has 3 aromatic rings. The molecule has 5 atom stereocenters. The van der Waals surface area contributed by atoms with E-state index in [1.165, 1.54) is 22.3 Å². The van der Waals surface area contributed by atoms with E-state index < -0.39 is 68.1 Å². The van der Waals surface area contributed by atoms with Gasteiger partial charge in [-0.15, -0.1) is 17.9 Å². The first-order chi connectivity index (χ1) is 21.6. The van der Waals surface area contributed by atoms with E-state index >= 15 is 0 Å². The van der Waals surface area contributed by atoms with Crippen molar-refractivity contribution in [2.75, 3.05) is 6.54 Å². The summed E-state index contributed by atoms with van der Waals surface area (Å²) in [5.74, 6) is -2.40. The van der Waals surface area contributed by atoms with E-state index in [0.717, 1.165) is 4.88 Å². The maximum absolute atomic E-state index is 14.0. The van der Waals surface area contributed by atoms with Crippen molar-refractivity contribution in [1.29, 1.82) is 0 Å². The Morgan fingerprint density at radius 1 is 1.24 bits per heavy atom. The molecule has 13 nitrogen and oxygen atoms in total. The van der Waals surface area contributed by atoms with Crippen LogP contribution in [0.5, 0.6) is 5.88 Å². The number of carbonyl (C=O) groups is 3. The molecule has 6 rings (SSSR count). The van der Waals surface area contributed by atoms with Crippen molar-refractivity contribution in [2.24, 2.45) is 18.4 Å². The normalized spacial score (nSPS) is 25.2. The van der Waals surface area contributed by atoms with E-state index in [0.29, 0.717) is 29.7 Å². The summed E-state index contributed by atoms with van der Waals surface area (Å²) in [5, 5.41) is 15.0. The number of sulfonamides is 1. The van der Waals surface area contributed by atoms with Gasteiger partial charge in [-0.1, -0.05) is 32.9 Å². The molecular weight excluding hydrogens is 633 g/mol. The van der Waals surface area contributed by atoms with Crippen LogP contribution in [0.25, 0.3) is 21.7 Å². The first-order valence-corrected chi connectivity index (χ1v) is 17.6. The zero-order valence-corrected chi connectivity index (χ0v) is 27.7. The molecule has 0 radical (unpaired) electrons. The fourth-order valence-corrected chi connectivity index (χ4v) is 7.85. The number of nitrogens with one attached hydrogen (secondary N) is 2. The highest BCUT2D eigenvalue weighted by Gasteiger charge is 2.62. The fraction of sp³-hybridized carbons (Fsp3) is 0.516. The van der Waals surface area contributed by atoms with Gasteiger partial charge >= 0.3 is 0 Å². The quantitative estimate of drug-likeness (QED) is 0.273. The largest absolute Gasteiger partial charge is 0.471 e. The Morgan fingerprint density at radius 3 is 2.59 bits per heavy atom. The Morgan fingerprint density at radius 2 is 1.98 bits per heavy atom. The van der Waals surface area contributed by atoms with Crippen molar-refractivity contribution >= 4 is 50.2 Å². The maximum Gasteiger partial charge on any atom is 0.259 e. The molecule has 3 fully saturated rings. The SMILES string of the molecule is C=C[C@@H]1C[C@]1(NC(=O)[C@@H]1C[C@@H](Oc2nc3ccn(C)c3nc2-c2cccs2)CN1C(=O)[C@@H](O)C(C)(C)C)C(=O)NS(=O)(=O)C1CC1. The lowest BCUT2D eigenvalue weighted by Crippen LogP contribution is -2.57. The van der Waals surface area contributed by atoms with Crippen LogP contribution in [0.1, 0.15) is 46.5 Å². The lowest BCUT2D eigenvalue weighted by molar-refractivity contribution is -0.150. The van der Waals surface area contributed by atoms with Crippen molar-refractivity contribution in [2.45, 2.75) is 75.5 Å². The van der Waals surface area contributed by atoms with Gasteiger partial charge in [-0.05, 0) is 42.2 Å². The summed E-state index contributed by atoms with van der Waals surface area (Å²) in [6.07, 6.45) is 2.34. The second-order valence-corrected chi connectivity index (χ2v) is 16.3. The average molecular weight is 671 g/mol. The molecule has 2 saturated carbocycles. The number of fused-ring (bicyclic) bond motifs is 1. The summed E-state index contributed by atoms with van der Waals surface area (Å²) in [5.41, 5.74) is -0.551. The van der Waals surface area contributed by atoms with Crippen LogP contribution in [0.4, 0.5) is 0 Å². The molecule has 0 unspecified atom stereocenters. The zero-order valence-electron chi connectivity index (χ0n) is 26.1. The number of hydrogen-bond acceptors (Lipinski definition) is 10. The molecule has 0 aromatic carbocycles. The number of amides is 3. The van der Waals surface area contributed by atoms with Crippen molar-refractivity contribution in [3.63, 3.8) is 0 Å². The third-order valence-corrected chi connectivity index (χ3v) is 11.5. The van der Waals surface area contributed by atoms with Gasteiger partial charge in [0.15, 0.2) is 5.65 Å². The molecule has 1 aliphatic heterocycles. The third-order valence-electron chi connectivity index (χ3n) is 8.85. The van der Waals surface area contributed by atoms with Gasteiger partial charge in [0.2, 0.25) is 21.8 Å². The molecule has 2 aliphatic carbocycles. The monoisotopic (exact) mass is 670 g/mol. The summed E-state index contributed by atoms with van der Waals surface area (Å²) >= 11 is 1.47. The molecule has 46 heavy (non-hydrogen) atoms. The van der Waals surface area contributed by atoms with Crippen LogP contribution < -0.4 is 14.8 Å². The van der Waals surface area contributed by atoms with Crippen LogP contribution in [-0.2, 0) is 31.5 Å². The molecule has 4 heterocycles. The Bertz CT molecular complexity index is 1810. The Labute approximate surface area is 271 Å². The lowest BCUT2D eigenvalue weighted by atomic mass is 9.88. The minimum atomic E-state index is -3.86. The van der Waals surface area contributed by atoms with E-state index in [-0.39, 0.29) is 25.3 Å². The van der Waals surface area contributed by atoms with Crippen LogP contribution >= 0.6 is 11.3 Å². The van der Waals surface area contributed by atoms with E-state index in [9.17, 15) is 27.9 Å². The third kappa shape index (κ3) is 5.91. The Hall–Kier alpha value is -3.82. The highest BCUT2D eigenvalue weighted by atomic mass is 32.2. The standard InChI is InChI=1S/C31H38N6O7S2/c1-6-17-15-31(17,29(41)35-46(42,43)19-9-10-19)34-26(39)21-14-18(16-37(21)28(40)24(38)30(2,3)4)44-27-23(22-8-7-13-45-22)33-25-20(32-27)11-12-36(25)5/h6-8,11-13,17-19,21,24,38H,1,9-10,14-16H2,2-5H3,(H,34,39)(H,35,41)/t17-,18-,21+,24-,31-/m1/s1. The molecule has 3 aliphatic rings. The second-order valence-electron chi connectivity index (χ2n) is 13.4. The predicted octanol–water partition coefficient (Wildman–Crippen LogP) is 2.12. The van der Waals surface area contributed by atoms with Crippen LogP contribution in [0.3, 0.4) is 0 Å². The second kappa shape index (κ2) is 11.5. The molecule has 15 heteroatoms. The number of aromatic nitrogens is 3. The summed E-state index contributed by atoms with van der Waals surface area (Å²) in [4.78, 5) is 52.6. The van der Waals surface area contributed by atoms with Crippen LogP contribution in [0.2, 0.25) is 0 Å². The van der Waals surface area contributed by atoms with Gasteiger partial charge in [-0.3, -0.25) is 19.1 Å². The highest BCUT2D eigenvalue weighted by molar-refractivity contribution is 7.91. The molecule has 1 saturated heterocycles. The predicted molar refractivity (Wildman–Crippen MR) is 171 cm³/mol. The van der Waals surface area contributed by atoms with E-state index in [1.807, 2.05) is 41.4 Å². The zero-order chi connectivity index (χ0) is 33.2. The molecule has 3 aromatic heterocycles. The van der Waals surface area contributed by atoms with Gasteiger partial charge in [0.05, 0.1) is 16.7 Å². The summed E-state index contributed by atoms with van der Waals surface area (Å²) < 4.78 is 35.5. The molecule has 246 valence electrons. The number of hydrogen-bond donors (Lipinski definition) is 3. The number of aliphatic hydroxyl groups excluding tert-OH is 1. The molecule has 3 amide bonds. The number of thiophene rings is 1. The van der Waals surface area contributed by atoms with Crippen molar-refractivity contribution in [1.82, 2.24) is 29.5 Å². The molecule has 3 N–H and O–H groups in total. The van der Waals surface area contributed by atoms with Gasteiger partial charge in [-0.25, -0.2) is 18.4 Å². The van der Waals surface area contributed by atoms with Gasteiger partial charge < -0.3 is 24.6 Å². The summed E-state index contributed by atoms with van der Waals surface area (Å²) in [6, 6.07) is 4.48. The number of aliphatic hydroxyl groups is 1. The fourth-order valence-electron chi connectivity index (χ4n) is 5.78. The minimum Gasteiger partial charge on any atom is -0.471 e. The van der Waals surface area contributed by atoms with E-state index in [1.54, 1.807) is 20.8 Å². The van der Waals surface area contributed by atoms with E-state index in [2.05, 4.69) is 16.6 Å². The minimum absolute atomic E-state index is 0.0314. The molecular formula is C31H38N6O7S2. The van der Waals surface area contributed by atoms with Gasteiger partial charge in [0.25, 0.3) is 11.8 Å². The van der Waals surface area contributed by atoms with Crippen molar-refractivity contribution in [3.05, 3.63) is 42.4 Å². The number of rotatable bonds is 10. The average Bonchev–Trinajstić information content (AvgIpc) is 3.81.